The van der Waals surface area contributed by atoms with Crippen LogP contribution in [0.1, 0.15) is 5.56 Å². The molecule has 0 amide bonds. The predicted octanol–water partition coefficient (Wildman–Crippen LogP) is 1.14. The van der Waals surface area contributed by atoms with Crippen LogP contribution in [0.15, 0.2) is 41.6 Å². The van der Waals surface area contributed by atoms with Gasteiger partial charge in [0.15, 0.2) is 0 Å². The average molecular weight is 296 g/mol. The maximum absolute atomic E-state index is 13.5. The van der Waals surface area contributed by atoms with Gasteiger partial charge in [-0.05, 0) is 31.3 Å². The van der Waals surface area contributed by atoms with E-state index in [1.165, 1.54) is 24.5 Å². The molecule has 0 aliphatic carbocycles. The molecule has 1 heterocycles. The highest BCUT2D eigenvalue weighted by molar-refractivity contribution is 7.92. The molecule has 8 heteroatoms. The standard InChI is InChI=1S/C12H13FN4O2S/c1-14-8-9-7-10(3-4-11(9)13)20(18,19)17-12-15-5-2-6-16-12/h2-7,14H,8H2,1H3,(H,15,16,17). The average Bonchev–Trinajstić information content (AvgIpc) is 2.42. The number of anilines is 1. The highest BCUT2D eigenvalue weighted by Gasteiger charge is 2.17. The van der Waals surface area contributed by atoms with E-state index in [1.807, 2.05) is 0 Å². The number of aromatic nitrogens is 2. The van der Waals surface area contributed by atoms with Crippen molar-refractivity contribution in [1.82, 2.24) is 15.3 Å². The summed E-state index contributed by atoms with van der Waals surface area (Å²) in [6, 6.07) is 5.16. The third-order valence-electron chi connectivity index (χ3n) is 2.49. The van der Waals surface area contributed by atoms with Gasteiger partial charge in [-0.25, -0.2) is 27.5 Å². The molecule has 106 valence electrons. The van der Waals surface area contributed by atoms with Gasteiger partial charge in [-0.2, -0.15) is 0 Å². The third-order valence-corrected chi connectivity index (χ3v) is 3.81. The Hall–Kier alpha value is -2.06. The van der Waals surface area contributed by atoms with Crippen LogP contribution in [0, 0.1) is 5.82 Å². The van der Waals surface area contributed by atoms with Gasteiger partial charge in [0.1, 0.15) is 5.82 Å². The van der Waals surface area contributed by atoms with Crippen LogP contribution >= 0.6 is 0 Å². The molecule has 1 aromatic heterocycles. The molecule has 0 atom stereocenters. The van der Waals surface area contributed by atoms with Gasteiger partial charge in [-0.15, -0.1) is 0 Å². The summed E-state index contributed by atoms with van der Waals surface area (Å²) in [7, 11) is -2.19. The number of rotatable bonds is 5. The summed E-state index contributed by atoms with van der Waals surface area (Å²) in [6.45, 7) is 0.233. The summed E-state index contributed by atoms with van der Waals surface area (Å²) >= 11 is 0. The number of hydrogen-bond acceptors (Lipinski definition) is 5. The van der Waals surface area contributed by atoms with Gasteiger partial charge in [0.2, 0.25) is 5.95 Å². The second-order valence-corrected chi connectivity index (χ2v) is 5.64. The van der Waals surface area contributed by atoms with Crippen LogP contribution < -0.4 is 10.0 Å². The Morgan fingerprint density at radius 1 is 1.25 bits per heavy atom. The SMILES string of the molecule is CNCc1cc(S(=O)(=O)Nc2ncccn2)ccc1F. The summed E-state index contributed by atoms with van der Waals surface area (Å²) in [4.78, 5) is 7.51. The maximum atomic E-state index is 13.5. The molecular formula is C12H13FN4O2S. The van der Waals surface area contributed by atoms with Gasteiger partial charge in [0.25, 0.3) is 10.0 Å². The van der Waals surface area contributed by atoms with Crippen LogP contribution in [0.25, 0.3) is 0 Å². The van der Waals surface area contributed by atoms with Gasteiger partial charge in [0.05, 0.1) is 4.90 Å². The van der Waals surface area contributed by atoms with E-state index in [4.69, 9.17) is 0 Å². The first-order valence-corrected chi connectivity index (χ1v) is 7.24. The van der Waals surface area contributed by atoms with Crippen molar-refractivity contribution in [2.75, 3.05) is 11.8 Å². The fourth-order valence-corrected chi connectivity index (χ4v) is 2.58. The number of nitrogens with zero attached hydrogens (tertiary/aromatic N) is 2. The zero-order valence-electron chi connectivity index (χ0n) is 10.7. The molecule has 6 nitrogen and oxygen atoms in total. The third kappa shape index (κ3) is 3.28. The predicted molar refractivity (Wildman–Crippen MR) is 72.0 cm³/mol. The van der Waals surface area contributed by atoms with E-state index in [-0.39, 0.29) is 23.0 Å². The van der Waals surface area contributed by atoms with Crippen molar-refractivity contribution >= 4 is 16.0 Å². The summed E-state index contributed by atoms with van der Waals surface area (Å²) in [5, 5.41) is 2.77. The smallest absolute Gasteiger partial charge is 0.264 e. The molecule has 0 aliphatic heterocycles. The van der Waals surface area contributed by atoms with E-state index in [2.05, 4.69) is 20.0 Å². The minimum Gasteiger partial charge on any atom is -0.316 e. The highest BCUT2D eigenvalue weighted by atomic mass is 32.2. The normalized spacial score (nSPS) is 11.3. The summed E-state index contributed by atoms with van der Waals surface area (Å²) in [5.41, 5.74) is 0.268. The van der Waals surface area contributed by atoms with E-state index < -0.39 is 15.8 Å². The van der Waals surface area contributed by atoms with Crippen molar-refractivity contribution < 1.29 is 12.8 Å². The minimum atomic E-state index is -3.84. The lowest BCUT2D eigenvalue weighted by Crippen LogP contribution is -2.16. The van der Waals surface area contributed by atoms with Crippen molar-refractivity contribution in [2.24, 2.45) is 0 Å². The van der Waals surface area contributed by atoms with Crippen LogP contribution in [-0.4, -0.2) is 25.4 Å². The number of sulfonamides is 1. The zero-order valence-corrected chi connectivity index (χ0v) is 11.5. The second kappa shape index (κ2) is 5.93. The fourth-order valence-electron chi connectivity index (χ4n) is 1.58. The zero-order chi connectivity index (χ0) is 14.6. The minimum absolute atomic E-state index is 0.0352. The summed E-state index contributed by atoms with van der Waals surface area (Å²) in [6.07, 6.45) is 2.84. The topological polar surface area (TPSA) is 84.0 Å². The van der Waals surface area contributed by atoms with E-state index in [1.54, 1.807) is 13.1 Å². The molecule has 2 N–H and O–H groups in total. The number of hydrogen-bond donors (Lipinski definition) is 2. The Labute approximate surface area is 116 Å². The highest BCUT2D eigenvalue weighted by Crippen LogP contribution is 2.17. The lowest BCUT2D eigenvalue weighted by atomic mass is 10.2. The molecule has 0 unspecified atom stereocenters. The first-order valence-electron chi connectivity index (χ1n) is 5.76. The van der Waals surface area contributed by atoms with Crippen molar-refractivity contribution in [2.45, 2.75) is 11.4 Å². The van der Waals surface area contributed by atoms with Gasteiger partial charge in [-0.1, -0.05) is 0 Å². The van der Waals surface area contributed by atoms with E-state index in [0.717, 1.165) is 6.07 Å². The largest absolute Gasteiger partial charge is 0.316 e. The van der Waals surface area contributed by atoms with Crippen molar-refractivity contribution in [3.05, 3.63) is 48.0 Å². The Bertz CT molecular complexity index is 692. The number of halogens is 1. The number of benzene rings is 1. The molecule has 0 saturated heterocycles. The molecule has 1 aromatic carbocycles. The van der Waals surface area contributed by atoms with Crippen molar-refractivity contribution in [1.29, 1.82) is 0 Å². The Kier molecular flexibility index (Phi) is 4.26. The van der Waals surface area contributed by atoms with Crippen LogP contribution in [-0.2, 0) is 16.6 Å². The monoisotopic (exact) mass is 296 g/mol. The van der Waals surface area contributed by atoms with Crippen molar-refractivity contribution in [3.63, 3.8) is 0 Å². The van der Waals surface area contributed by atoms with Gasteiger partial charge >= 0.3 is 0 Å². The molecule has 2 rings (SSSR count). The lowest BCUT2D eigenvalue weighted by Gasteiger charge is -2.08. The molecule has 0 aliphatic rings. The fraction of sp³-hybridized carbons (Fsp3) is 0.167. The Balaban J connectivity index is 2.32. The van der Waals surface area contributed by atoms with E-state index in [0.29, 0.717) is 0 Å². The lowest BCUT2D eigenvalue weighted by molar-refractivity contribution is 0.591. The molecular weight excluding hydrogens is 283 g/mol. The quantitative estimate of drug-likeness (QED) is 0.864. The van der Waals surface area contributed by atoms with E-state index >= 15 is 0 Å². The van der Waals surface area contributed by atoms with E-state index in [9.17, 15) is 12.8 Å². The first-order chi connectivity index (χ1) is 9.53. The van der Waals surface area contributed by atoms with Crippen LogP contribution in [0.2, 0.25) is 0 Å². The van der Waals surface area contributed by atoms with Gasteiger partial charge < -0.3 is 5.32 Å². The molecule has 0 radical (unpaired) electrons. The maximum Gasteiger partial charge on any atom is 0.264 e. The Morgan fingerprint density at radius 3 is 2.60 bits per heavy atom. The van der Waals surface area contributed by atoms with Crippen LogP contribution in [0.4, 0.5) is 10.3 Å². The van der Waals surface area contributed by atoms with Crippen molar-refractivity contribution in [3.8, 4) is 0 Å². The summed E-state index contributed by atoms with van der Waals surface area (Å²) < 4.78 is 40.0. The summed E-state index contributed by atoms with van der Waals surface area (Å²) in [5.74, 6) is -0.499. The van der Waals surface area contributed by atoms with Crippen LogP contribution in [0.3, 0.4) is 0 Å². The molecule has 20 heavy (non-hydrogen) atoms. The number of nitrogens with one attached hydrogen (secondary N) is 2. The molecule has 2 aromatic rings. The molecule has 0 saturated carbocycles. The second-order valence-electron chi connectivity index (χ2n) is 3.96. The molecule has 0 fully saturated rings. The van der Waals surface area contributed by atoms with Gasteiger partial charge in [-0.3, -0.25) is 0 Å². The van der Waals surface area contributed by atoms with Gasteiger partial charge in [0, 0.05) is 24.5 Å². The molecule has 0 spiro atoms. The van der Waals surface area contributed by atoms with Crippen LogP contribution in [0.5, 0.6) is 0 Å². The Morgan fingerprint density at radius 2 is 1.95 bits per heavy atom. The first kappa shape index (κ1) is 14.4. The molecule has 0 bridgehead atoms.